The van der Waals surface area contributed by atoms with Gasteiger partial charge in [-0.15, -0.1) is 0 Å². The predicted octanol–water partition coefficient (Wildman–Crippen LogP) is 4.10. The van der Waals surface area contributed by atoms with Crippen molar-refractivity contribution in [2.24, 2.45) is 5.92 Å². The quantitative estimate of drug-likeness (QED) is 0.767. The Kier molecular flexibility index (Phi) is 5.88. The molecule has 0 spiro atoms. The standard InChI is InChI=1S/C20H29NO2S/c1-14-11-17(12-15(2)20(14)23-3)19(22)16-5-4-8-21(13-16)18-6-9-24-10-7-18/h11-12,16,18H,4-10,13H2,1-3H3. The molecular weight excluding hydrogens is 318 g/mol. The lowest BCUT2D eigenvalue weighted by Gasteiger charge is -2.39. The molecule has 0 N–H and O–H groups in total. The normalized spacial score (nSPS) is 23.2. The summed E-state index contributed by atoms with van der Waals surface area (Å²) in [5.74, 6) is 3.92. The SMILES string of the molecule is COc1c(C)cc(C(=O)C2CCCN(C3CCSCC3)C2)cc1C. The largest absolute Gasteiger partial charge is 0.496 e. The smallest absolute Gasteiger partial charge is 0.167 e. The minimum absolute atomic E-state index is 0.153. The Hall–Kier alpha value is -1.00. The summed E-state index contributed by atoms with van der Waals surface area (Å²) in [6.07, 6.45) is 4.74. The molecule has 2 aliphatic heterocycles. The van der Waals surface area contributed by atoms with Crippen molar-refractivity contribution in [2.45, 2.75) is 45.6 Å². The Morgan fingerprint density at radius 1 is 1.17 bits per heavy atom. The molecule has 3 rings (SSSR count). The van der Waals surface area contributed by atoms with Crippen molar-refractivity contribution in [2.75, 3.05) is 31.7 Å². The maximum atomic E-state index is 13.1. The number of ether oxygens (including phenoxy) is 1. The molecule has 3 nitrogen and oxygen atoms in total. The molecule has 0 amide bonds. The Morgan fingerprint density at radius 2 is 1.83 bits per heavy atom. The van der Waals surface area contributed by atoms with Crippen LogP contribution in [0.3, 0.4) is 0 Å². The lowest BCUT2D eigenvalue weighted by molar-refractivity contribution is 0.0741. The van der Waals surface area contributed by atoms with Gasteiger partial charge in [-0.25, -0.2) is 0 Å². The molecule has 2 saturated heterocycles. The fourth-order valence-corrected chi connectivity index (χ4v) is 5.33. The highest BCUT2D eigenvalue weighted by Gasteiger charge is 2.31. The van der Waals surface area contributed by atoms with Gasteiger partial charge >= 0.3 is 0 Å². The molecule has 0 radical (unpaired) electrons. The average Bonchev–Trinajstić information content (AvgIpc) is 2.61. The maximum absolute atomic E-state index is 13.1. The highest BCUT2D eigenvalue weighted by molar-refractivity contribution is 7.99. The summed E-state index contributed by atoms with van der Waals surface area (Å²) in [7, 11) is 1.69. The van der Waals surface area contributed by atoms with Crippen molar-refractivity contribution in [3.63, 3.8) is 0 Å². The lowest BCUT2D eigenvalue weighted by atomic mass is 9.87. The summed E-state index contributed by atoms with van der Waals surface area (Å²) >= 11 is 2.07. The topological polar surface area (TPSA) is 29.5 Å². The van der Waals surface area contributed by atoms with E-state index in [1.165, 1.54) is 30.9 Å². The zero-order chi connectivity index (χ0) is 17.1. The van der Waals surface area contributed by atoms with Crippen LogP contribution in [-0.2, 0) is 0 Å². The fraction of sp³-hybridized carbons (Fsp3) is 0.650. The van der Waals surface area contributed by atoms with E-state index in [-0.39, 0.29) is 5.92 Å². The molecule has 132 valence electrons. The first-order valence-corrected chi connectivity index (χ1v) is 10.3. The number of benzene rings is 1. The maximum Gasteiger partial charge on any atom is 0.167 e. The second-order valence-corrected chi connectivity index (χ2v) is 8.41. The van der Waals surface area contributed by atoms with Crippen LogP contribution in [0.5, 0.6) is 5.75 Å². The molecule has 0 aromatic heterocycles. The predicted molar refractivity (Wildman–Crippen MR) is 101 cm³/mol. The third kappa shape index (κ3) is 3.80. The second-order valence-electron chi connectivity index (χ2n) is 7.19. The van der Waals surface area contributed by atoms with Crippen LogP contribution in [0.4, 0.5) is 0 Å². The number of hydrogen-bond donors (Lipinski definition) is 0. The lowest BCUT2D eigenvalue weighted by Crippen LogP contribution is -2.46. The van der Waals surface area contributed by atoms with Gasteiger partial charge in [-0.1, -0.05) is 0 Å². The number of methoxy groups -OCH3 is 1. The number of Topliss-reactive ketones (excluding diaryl/α,β-unsaturated/α-hetero) is 1. The molecule has 0 saturated carbocycles. The van der Waals surface area contributed by atoms with Gasteiger partial charge in [0, 0.05) is 24.1 Å². The molecular formula is C20H29NO2S. The minimum atomic E-state index is 0.153. The van der Waals surface area contributed by atoms with Gasteiger partial charge in [-0.2, -0.15) is 11.8 Å². The third-order valence-corrected chi connectivity index (χ3v) is 6.53. The van der Waals surface area contributed by atoms with Crippen LogP contribution >= 0.6 is 11.8 Å². The number of hydrogen-bond acceptors (Lipinski definition) is 4. The van der Waals surface area contributed by atoms with Crippen molar-refractivity contribution < 1.29 is 9.53 Å². The van der Waals surface area contributed by atoms with Gasteiger partial charge < -0.3 is 4.74 Å². The molecule has 1 aromatic rings. The van der Waals surface area contributed by atoms with E-state index in [2.05, 4.69) is 16.7 Å². The van der Waals surface area contributed by atoms with Crippen LogP contribution in [0.2, 0.25) is 0 Å². The van der Waals surface area contributed by atoms with Gasteiger partial charge in [-0.3, -0.25) is 9.69 Å². The zero-order valence-electron chi connectivity index (χ0n) is 15.1. The first-order valence-electron chi connectivity index (χ1n) is 9.11. The molecule has 2 fully saturated rings. The first-order chi connectivity index (χ1) is 11.6. The fourth-order valence-electron chi connectivity index (χ4n) is 4.25. The number of ketones is 1. The van der Waals surface area contributed by atoms with E-state index in [9.17, 15) is 4.79 Å². The van der Waals surface area contributed by atoms with Gasteiger partial charge in [0.1, 0.15) is 5.75 Å². The summed E-state index contributed by atoms with van der Waals surface area (Å²) in [4.78, 5) is 15.7. The number of carbonyl (C=O) groups excluding carboxylic acids is 1. The number of nitrogens with zero attached hydrogens (tertiary/aromatic N) is 1. The van der Waals surface area contributed by atoms with Gasteiger partial charge in [0.15, 0.2) is 5.78 Å². The Labute approximate surface area is 150 Å². The number of likely N-dealkylation sites (tertiary alicyclic amines) is 1. The van der Waals surface area contributed by atoms with E-state index in [0.29, 0.717) is 11.8 Å². The number of carbonyl (C=O) groups is 1. The van der Waals surface area contributed by atoms with E-state index in [1.807, 2.05) is 26.0 Å². The highest BCUT2D eigenvalue weighted by Crippen LogP contribution is 2.30. The number of piperidine rings is 1. The minimum Gasteiger partial charge on any atom is -0.496 e. The van der Waals surface area contributed by atoms with Crippen LogP contribution in [-0.4, -0.2) is 48.4 Å². The van der Waals surface area contributed by atoms with E-state index >= 15 is 0 Å². The monoisotopic (exact) mass is 347 g/mol. The van der Waals surface area contributed by atoms with Gasteiger partial charge in [-0.05, 0) is 80.8 Å². The van der Waals surface area contributed by atoms with Crippen molar-refractivity contribution in [3.05, 3.63) is 28.8 Å². The Balaban J connectivity index is 1.72. The summed E-state index contributed by atoms with van der Waals surface area (Å²) < 4.78 is 5.43. The zero-order valence-corrected chi connectivity index (χ0v) is 16.0. The summed E-state index contributed by atoms with van der Waals surface area (Å²) in [6.45, 7) is 6.16. The van der Waals surface area contributed by atoms with Gasteiger partial charge in [0.05, 0.1) is 7.11 Å². The van der Waals surface area contributed by atoms with Gasteiger partial charge in [0.2, 0.25) is 0 Å². The highest BCUT2D eigenvalue weighted by atomic mass is 32.2. The number of aryl methyl sites for hydroxylation is 2. The van der Waals surface area contributed by atoms with Crippen molar-refractivity contribution in [3.8, 4) is 5.75 Å². The van der Waals surface area contributed by atoms with Crippen molar-refractivity contribution >= 4 is 17.5 Å². The van der Waals surface area contributed by atoms with Crippen LogP contribution in [0.15, 0.2) is 12.1 Å². The molecule has 2 heterocycles. The summed E-state index contributed by atoms with van der Waals surface area (Å²) in [5, 5.41) is 0. The first kappa shape index (κ1) is 17.8. The van der Waals surface area contributed by atoms with Crippen molar-refractivity contribution in [1.29, 1.82) is 0 Å². The van der Waals surface area contributed by atoms with E-state index in [1.54, 1.807) is 7.11 Å². The summed E-state index contributed by atoms with van der Waals surface area (Å²) in [6, 6.07) is 4.70. The van der Waals surface area contributed by atoms with E-state index in [0.717, 1.165) is 41.8 Å². The third-order valence-electron chi connectivity index (χ3n) is 5.48. The number of thioether (sulfide) groups is 1. The molecule has 1 unspecified atom stereocenters. The average molecular weight is 348 g/mol. The van der Waals surface area contributed by atoms with Gasteiger partial charge in [0.25, 0.3) is 0 Å². The molecule has 0 bridgehead atoms. The number of rotatable bonds is 4. The van der Waals surface area contributed by atoms with Crippen LogP contribution in [0.25, 0.3) is 0 Å². The summed E-state index contributed by atoms with van der Waals surface area (Å²) in [5.41, 5.74) is 2.97. The second kappa shape index (κ2) is 7.92. The Morgan fingerprint density at radius 3 is 2.46 bits per heavy atom. The molecule has 24 heavy (non-hydrogen) atoms. The molecule has 0 aliphatic carbocycles. The molecule has 4 heteroatoms. The molecule has 1 aromatic carbocycles. The van der Waals surface area contributed by atoms with Crippen LogP contribution in [0, 0.1) is 19.8 Å². The van der Waals surface area contributed by atoms with Crippen LogP contribution < -0.4 is 4.74 Å². The van der Waals surface area contributed by atoms with E-state index < -0.39 is 0 Å². The molecule has 2 aliphatic rings. The molecule has 1 atom stereocenters. The Bertz CT molecular complexity index is 572. The van der Waals surface area contributed by atoms with Crippen LogP contribution in [0.1, 0.15) is 47.2 Å². The van der Waals surface area contributed by atoms with Crippen molar-refractivity contribution in [1.82, 2.24) is 4.90 Å². The van der Waals surface area contributed by atoms with E-state index in [4.69, 9.17) is 4.74 Å².